The van der Waals surface area contributed by atoms with Crippen molar-refractivity contribution in [3.8, 4) is 11.4 Å². The molecule has 9 heteroatoms. The summed E-state index contributed by atoms with van der Waals surface area (Å²) in [6.07, 6.45) is 7.20. The molecule has 3 aromatic rings. The molecule has 31 heavy (non-hydrogen) atoms. The van der Waals surface area contributed by atoms with E-state index in [2.05, 4.69) is 25.2 Å². The Bertz CT molecular complexity index is 1070. The molecule has 0 unspecified atom stereocenters. The van der Waals surface area contributed by atoms with Crippen LogP contribution >= 0.6 is 0 Å². The van der Waals surface area contributed by atoms with Crippen LogP contribution in [0.2, 0.25) is 0 Å². The first-order valence-electron chi connectivity index (χ1n) is 11.0. The van der Waals surface area contributed by atoms with Gasteiger partial charge in [0, 0.05) is 38.7 Å². The fraction of sp³-hybridized carbons (Fsp3) is 0.500. The van der Waals surface area contributed by atoms with Crippen molar-refractivity contribution in [3.63, 3.8) is 0 Å². The Morgan fingerprint density at radius 3 is 2.71 bits per heavy atom. The third kappa shape index (κ3) is 3.92. The fourth-order valence-electron chi connectivity index (χ4n) is 4.64. The molecule has 0 spiro atoms. The second-order valence-corrected chi connectivity index (χ2v) is 8.29. The van der Waals surface area contributed by atoms with Crippen LogP contribution in [0.15, 0.2) is 30.6 Å². The van der Waals surface area contributed by atoms with Crippen LogP contribution in [0.25, 0.3) is 16.9 Å². The molecule has 3 heterocycles. The van der Waals surface area contributed by atoms with Crippen LogP contribution in [-0.4, -0.2) is 69.1 Å². The van der Waals surface area contributed by atoms with E-state index in [0.717, 1.165) is 30.3 Å². The first kappa shape index (κ1) is 19.7. The maximum atomic E-state index is 12.7. The standard InChI is InChI=1S/C22H27N7O2/c1-31-18-8-4-7-17(14-18)29-22-20(25-26-29)21(23-15-24-22)28-11-9-27(10-12-28)19(30)13-16-5-2-3-6-16/h4,7-8,14-16H,2-3,5-6,9-13H2,1H3. The number of hydrogen-bond acceptors (Lipinski definition) is 7. The van der Waals surface area contributed by atoms with Crippen molar-refractivity contribution >= 4 is 22.9 Å². The number of amides is 1. The highest BCUT2D eigenvalue weighted by molar-refractivity contribution is 5.84. The first-order chi connectivity index (χ1) is 15.2. The van der Waals surface area contributed by atoms with Crippen LogP contribution < -0.4 is 9.64 Å². The lowest BCUT2D eigenvalue weighted by Gasteiger charge is -2.35. The van der Waals surface area contributed by atoms with Gasteiger partial charge in [0.1, 0.15) is 12.1 Å². The van der Waals surface area contributed by atoms with Crippen LogP contribution in [0.3, 0.4) is 0 Å². The normalized spacial score (nSPS) is 17.5. The molecule has 1 aliphatic carbocycles. The van der Waals surface area contributed by atoms with E-state index in [9.17, 15) is 4.79 Å². The maximum absolute atomic E-state index is 12.7. The largest absolute Gasteiger partial charge is 0.497 e. The molecule has 1 saturated heterocycles. The van der Waals surface area contributed by atoms with Gasteiger partial charge in [-0.05, 0) is 30.9 Å². The number of ether oxygens (including phenoxy) is 1. The van der Waals surface area contributed by atoms with Gasteiger partial charge in [0.15, 0.2) is 17.0 Å². The minimum atomic E-state index is 0.295. The first-order valence-corrected chi connectivity index (χ1v) is 11.0. The topological polar surface area (TPSA) is 89.3 Å². The zero-order valence-corrected chi connectivity index (χ0v) is 17.8. The second kappa shape index (κ2) is 8.49. The number of piperazine rings is 1. The van der Waals surface area contributed by atoms with Gasteiger partial charge in [-0.3, -0.25) is 4.79 Å². The van der Waals surface area contributed by atoms with E-state index >= 15 is 0 Å². The fourth-order valence-corrected chi connectivity index (χ4v) is 4.64. The van der Waals surface area contributed by atoms with Crippen LogP contribution in [0.5, 0.6) is 5.75 Å². The summed E-state index contributed by atoms with van der Waals surface area (Å²) in [5.41, 5.74) is 2.14. The summed E-state index contributed by atoms with van der Waals surface area (Å²) in [5, 5.41) is 8.69. The Balaban J connectivity index is 1.32. The van der Waals surface area contributed by atoms with Crippen LogP contribution in [0, 0.1) is 5.92 Å². The number of aromatic nitrogens is 5. The van der Waals surface area contributed by atoms with Gasteiger partial charge in [-0.1, -0.05) is 24.1 Å². The summed E-state index contributed by atoms with van der Waals surface area (Å²) in [4.78, 5) is 25.8. The molecule has 1 amide bonds. The number of rotatable bonds is 5. The zero-order chi connectivity index (χ0) is 21.2. The van der Waals surface area contributed by atoms with E-state index in [1.807, 2.05) is 29.2 Å². The molecular weight excluding hydrogens is 394 g/mol. The van der Waals surface area contributed by atoms with Crippen molar-refractivity contribution < 1.29 is 9.53 Å². The molecule has 0 bridgehead atoms. The SMILES string of the molecule is COc1cccc(-n2nnc3c(N4CCN(C(=O)CC5CCCC5)CC4)ncnc32)c1. The smallest absolute Gasteiger partial charge is 0.222 e. The number of anilines is 1. The van der Waals surface area contributed by atoms with Gasteiger partial charge in [0.05, 0.1) is 12.8 Å². The Labute approximate surface area is 181 Å². The number of carbonyl (C=O) groups is 1. The van der Waals surface area contributed by atoms with Gasteiger partial charge in [-0.25, -0.2) is 9.97 Å². The van der Waals surface area contributed by atoms with Crippen molar-refractivity contribution in [2.75, 3.05) is 38.2 Å². The molecule has 9 nitrogen and oxygen atoms in total. The third-order valence-corrected chi connectivity index (χ3v) is 6.39. The van der Waals surface area contributed by atoms with E-state index in [1.54, 1.807) is 18.1 Å². The molecule has 0 atom stereocenters. The van der Waals surface area contributed by atoms with Crippen molar-refractivity contribution in [3.05, 3.63) is 30.6 Å². The number of hydrogen-bond donors (Lipinski definition) is 0. The molecule has 0 N–H and O–H groups in total. The number of fused-ring (bicyclic) bond motifs is 1. The third-order valence-electron chi connectivity index (χ3n) is 6.39. The highest BCUT2D eigenvalue weighted by Gasteiger charge is 2.27. The maximum Gasteiger partial charge on any atom is 0.222 e. The molecule has 2 aliphatic rings. The van der Waals surface area contributed by atoms with E-state index in [1.165, 1.54) is 25.7 Å². The van der Waals surface area contributed by atoms with Gasteiger partial charge in [0.2, 0.25) is 5.91 Å². The Kier molecular flexibility index (Phi) is 5.40. The minimum absolute atomic E-state index is 0.295. The second-order valence-electron chi connectivity index (χ2n) is 8.29. The zero-order valence-electron chi connectivity index (χ0n) is 17.8. The molecule has 2 aromatic heterocycles. The van der Waals surface area contributed by atoms with Gasteiger partial charge in [-0.15, -0.1) is 5.10 Å². The van der Waals surface area contributed by atoms with Crippen LogP contribution in [0.1, 0.15) is 32.1 Å². The summed E-state index contributed by atoms with van der Waals surface area (Å²) in [7, 11) is 1.64. The average molecular weight is 422 g/mol. The van der Waals surface area contributed by atoms with Gasteiger partial charge < -0.3 is 14.5 Å². The summed E-state index contributed by atoms with van der Waals surface area (Å²) >= 11 is 0. The Hall–Kier alpha value is -3.23. The van der Waals surface area contributed by atoms with Crippen LogP contribution in [-0.2, 0) is 4.79 Å². The van der Waals surface area contributed by atoms with E-state index in [0.29, 0.717) is 42.5 Å². The summed E-state index contributed by atoms with van der Waals surface area (Å²) < 4.78 is 7.02. The van der Waals surface area contributed by atoms with Gasteiger partial charge in [-0.2, -0.15) is 4.68 Å². The molecule has 0 radical (unpaired) electrons. The molecule has 1 aromatic carbocycles. The highest BCUT2D eigenvalue weighted by atomic mass is 16.5. The predicted octanol–water partition coefficient (Wildman–Crippen LogP) is 2.45. The lowest BCUT2D eigenvalue weighted by atomic mass is 10.0. The summed E-state index contributed by atoms with van der Waals surface area (Å²) in [5.74, 6) is 2.39. The molecule has 5 rings (SSSR count). The van der Waals surface area contributed by atoms with Crippen molar-refractivity contribution in [2.24, 2.45) is 5.92 Å². The molecule has 162 valence electrons. The Morgan fingerprint density at radius 1 is 1.13 bits per heavy atom. The molecular formula is C22H27N7O2. The number of methoxy groups -OCH3 is 1. The van der Waals surface area contributed by atoms with Gasteiger partial charge in [0.25, 0.3) is 0 Å². The highest BCUT2D eigenvalue weighted by Crippen LogP contribution is 2.29. The quantitative estimate of drug-likeness (QED) is 0.625. The molecule has 1 aliphatic heterocycles. The van der Waals surface area contributed by atoms with Crippen molar-refractivity contribution in [2.45, 2.75) is 32.1 Å². The van der Waals surface area contributed by atoms with E-state index < -0.39 is 0 Å². The molecule has 1 saturated carbocycles. The number of carbonyl (C=O) groups excluding carboxylic acids is 1. The lowest BCUT2D eigenvalue weighted by Crippen LogP contribution is -2.49. The number of nitrogens with zero attached hydrogens (tertiary/aromatic N) is 7. The lowest BCUT2D eigenvalue weighted by molar-refractivity contribution is -0.132. The van der Waals surface area contributed by atoms with Gasteiger partial charge >= 0.3 is 0 Å². The average Bonchev–Trinajstić information content (AvgIpc) is 3.49. The monoisotopic (exact) mass is 421 g/mol. The van der Waals surface area contributed by atoms with Crippen molar-refractivity contribution in [1.29, 1.82) is 0 Å². The Morgan fingerprint density at radius 2 is 1.94 bits per heavy atom. The van der Waals surface area contributed by atoms with Crippen molar-refractivity contribution in [1.82, 2.24) is 29.9 Å². The van der Waals surface area contributed by atoms with Crippen LogP contribution in [0.4, 0.5) is 5.82 Å². The van der Waals surface area contributed by atoms with E-state index in [-0.39, 0.29) is 0 Å². The van der Waals surface area contributed by atoms with E-state index in [4.69, 9.17) is 4.74 Å². The minimum Gasteiger partial charge on any atom is -0.497 e. The predicted molar refractivity (Wildman–Crippen MR) is 116 cm³/mol. The summed E-state index contributed by atoms with van der Waals surface area (Å²) in [6.45, 7) is 2.88. The molecule has 2 fully saturated rings. The number of benzene rings is 1. The summed E-state index contributed by atoms with van der Waals surface area (Å²) in [6, 6.07) is 7.62.